The van der Waals surface area contributed by atoms with Gasteiger partial charge in [-0.2, -0.15) is 0 Å². The summed E-state index contributed by atoms with van der Waals surface area (Å²) in [5.41, 5.74) is 1.46. The van der Waals surface area contributed by atoms with Crippen LogP contribution in [0.3, 0.4) is 0 Å². The number of H-pyrrole nitrogens is 1. The molecule has 0 aliphatic rings. The molecule has 0 bridgehead atoms. The van der Waals surface area contributed by atoms with Crippen molar-refractivity contribution in [3.8, 4) is 11.1 Å². The van der Waals surface area contributed by atoms with Crippen molar-refractivity contribution < 1.29 is 0 Å². The number of alkyl halides is 1. The zero-order chi connectivity index (χ0) is 13.4. The van der Waals surface area contributed by atoms with Gasteiger partial charge in [0.1, 0.15) is 10.7 Å². The van der Waals surface area contributed by atoms with Crippen LogP contribution in [0, 0.1) is 0 Å². The van der Waals surface area contributed by atoms with E-state index < -0.39 is 0 Å². The first kappa shape index (κ1) is 12.7. The summed E-state index contributed by atoms with van der Waals surface area (Å²) in [5.74, 6) is 0.663. The minimum Gasteiger partial charge on any atom is -0.309 e. The second-order valence-electron chi connectivity index (χ2n) is 3.96. The number of aromatic amines is 1. The summed E-state index contributed by atoms with van der Waals surface area (Å²) in [5, 5.41) is 3.07. The van der Waals surface area contributed by atoms with Crippen LogP contribution in [0.5, 0.6) is 0 Å². The molecule has 3 aromatic rings. The van der Waals surface area contributed by atoms with Gasteiger partial charge in [0, 0.05) is 21.5 Å². The van der Waals surface area contributed by atoms with E-state index in [-0.39, 0.29) is 11.4 Å². The minimum absolute atomic E-state index is 0.184. The predicted octanol–water partition coefficient (Wildman–Crippen LogP) is 4.04. The quantitative estimate of drug-likeness (QED) is 0.726. The molecular weight excluding hydrogens is 303 g/mol. The number of nitrogens with zero attached hydrogens (tertiary/aromatic N) is 1. The summed E-state index contributed by atoms with van der Waals surface area (Å²) in [7, 11) is 0. The van der Waals surface area contributed by atoms with Crippen molar-refractivity contribution in [2.45, 2.75) is 5.88 Å². The van der Waals surface area contributed by atoms with Crippen LogP contribution >= 0.6 is 34.5 Å². The fourth-order valence-corrected chi connectivity index (χ4v) is 3.26. The highest BCUT2D eigenvalue weighted by Gasteiger charge is 2.14. The highest BCUT2D eigenvalue weighted by atomic mass is 35.5. The first-order valence-electron chi connectivity index (χ1n) is 5.52. The van der Waals surface area contributed by atoms with Crippen LogP contribution in [0.15, 0.2) is 34.4 Å². The molecule has 0 aliphatic heterocycles. The first-order valence-corrected chi connectivity index (χ1v) is 7.31. The summed E-state index contributed by atoms with van der Waals surface area (Å²) in [6.07, 6.45) is 0. The number of benzene rings is 1. The third-order valence-corrected chi connectivity index (χ3v) is 4.24. The Bertz CT molecular complexity index is 810. The second kappa shape index (κ2) is 4.96. The number of fused-ring (bicyclic) bond motifs is 1. The number of aromatic nitrogens is 2. The summed E-state index contributed by atoms with van der Waals surface area (Å²) < 4.78 is 0. The maximum absolute atomic E-state index is 12.1. The van der Waals surface area contributed by atoms with Crippen LogP contribution in [0.25, 0.3) is 21.3 Å². The minimum atomic E-state index is -0.184. The average molecular weight is 311 g/mol. The topological polar surface area (TPSA) is 45.8 Å². The molecule has 96 valence electrons. The van der Waals surface area contributed by atoms with Crippen LogP contribution in [0.4, 0.5) is 0 Å². The van der Waals surface area contributed by atoms with Crippen LogP contribution in [-0.2, 0) is 5.88 Å². The predicted molar refractivity (Wildman–Crippen MR) is 80.2 cm³/mol. The van der Waals surface area contributed by atoms with Crippen molar-refractivity contribution in [3.63, 3.8) is 0 Å². The molecule has 0 fully saturated rings. The monoisotopic (exact) mass is 310 g/mol. The number of hydrogen-bond acceptors (Lipinski definition) is 3. The Morgan fingerprint density at radius 3 is 2.79 bits per heavy atom. The molecule has 3 nitrogen and oxygen atoms in total. The van der Waals surface area contributed by atoms with E-state index in [9.17, 15) is 4.79 Å². The maximum Gasteiger partial charge on any atom is 0.260 e. The third kappa shape index (κ3) is 2.16. The van der Waals surface area contributed by atoms with Crippen molar-refractivity contribution in [1.82, 2.24) is 9.97 Å². The highest BCUT2D eigenvalue weighted by molar-refractivity contribution is 7.17. The highest BCUT2D eigenvalue weighted by Crippen LogP contribution is 2.34. The average Bonchev–Trinajstić information content (AvgIpc) is 2.83. The van der Waals surface area contributed by atoms with E-state index in [1.807, 2.05) is 23.6 Å². The molecule has 2 heterocycles. The molecule has 0 atom stereocenters. The molecule has 0 aliphatic carbocycles. The van der Waals surface area contributed by atoms with Crippen LogP contribution < -0.4 is 5.56 Å². The molecule has 0 radical (unpaired) electrons. The largest absolute Gasteiger partial charge is 0.309 e. The summed E-state index contributed by atoms with van der Waals surface area (Å²) in [4.78, 5) is 19.8. The molecule has 6 heteroatoms. The van der Waals surface area contributed by atoms with E-state index in [2.05, 4.69) is 9.97 Å². The van der Waals surface area contributed by atoms with E-state index in [1.165, 1.54) is 11.3 Å². The molecule has 0 amide bonds. The van der Waals surface area contributed by atoms with Crippen molar-refractivity contribution in [1.29, 1.82) is 0 Å². The lowest BCUT2D eigenvalue weighted by Gasteiger charge is -2.02. The van der Waals surface area contributed by atoms with Gasteiger partial charge in [0.15, 0.2) is 0 Å². The summed E-state index contributed by atoms with van der Waals surface area (Å²) in [6.45, 7) is 0. The van der Waals surface area contributed by atoms with Gasteiger partial charge in [-0.25, -0.2) is 4.98 Å². The normalized spacial score (nSPS) is 11.1. The van der Waals surface area contributed by atoms with Gasteiger partial charge < -0.3 is 4.98 Å². The standard InChI is InChI=1S/C13H8Cl2N2OS/c14-5-10-16-12(18)11-8(6-19-13(11)17-10)7-3-1-2-4-9(7)15/h1-4,6H,5H2,(H,16,17,18). The molecular formula is C13H8Cl2N2OS. The molecule has 19 heavy (non-hydrogen) atoms. The van der Waals surface area contributed by atoms with Gasteiger partial charge in [0.2, 0.25) is 0 Å². The van der Waals surface area contributed by atoms with Gasteiger partial charge in [0.05, 0.1) is 11.3 Å². The molecule has 0 unspecified atom stereocenters. The van der Waals surface area contributed by atoms with E-state index >= 15 is 0 Å². The molecule has 2 aromatic heterocycles. The fourth-order valence-electron chi connectivity index (χ4n) is 1.93. The fraction of sp³-hybridized carbons (Fsp3) is 0.0769. The van der Waals surface area contributed by atoms with Crippen molar-refractivity contribution >= 4 is 44.8 Å². The van der Waals surface area contributed by atoms with Gasteiger partial charge in [-0.15, -0.1) is 22.9 Å². The van der Waals surface area contributed by atoms with Gasteiger partial charge in [-0.3, -0.25) is 4.79 Å². The zero-order valence-electron chi connectivity index (χ0n) is 9.61. The lowest BCUT2D eigenvalue weighted by Crippen LogP contribution is -2.10. The number of hydrogen-bond donors (Lipinski definition) is 1. The first-order chi connectivity index (χ1) is 9.20. The van der Waals surface area contributed by atoms with Gasteiger partial charge in [-0.05, 0) is 6.07 Å². The van der Waals surface area contributed by atoms with E-state index in [0.717, 1.165) is 11.1 Å². The zero-order valence-corrected chi connectivity index (χ0v) is 11.9. The number of rotatable bonds is 2. The molecule has 0 spiro atoms. The van der Waals surface area contributed by atoms with Crippen LogP contribution in [0.2, 0.25) is 5.02 Å². The van der Waals surface area contributed by atoms with E-state index in [1.54, 1.807) is 6.07 Å². The van der Waals surface area contributed by atoms with Crippen molar-refractivity contribution in [2.24, 2.45) is 0 Å². The van der Waals surface area contributed by atoms with Crippen molar-refractivity contribution in [2.75, 3.05) is 0 Å². The lowest BCUT2D eigenvalue weighted by molar-refractivity contribution is 1.04. The van der Waals surface area contributed by atoms with Crippen LogP contribution in [-0.4, -0.2) is 9.97 Å². The Labute approximate surface area is 122 Å². The Morgan fingerprint density at radius 1 is 1.26 bits per heavy atom. The summed E-state index contributed by atoms with van der Waals surface area (Å²) >= 11 is 13.3. The molecule has 1 aromatic carbocycles. The Morgan fingerprint density at radius 2 is 2.05 bits per heavy atom. The SMILES string of the molecule is O=c1[nH]c(CCl)nc2scc(-c3ccccc3Cl)c12. The lowest BCUT2D eigenvalue weighted by atomic mass is 10.1. The molecule has 0 saturated carbocycles. The van der Waals surface area contributed by atoms with Gasteiger partial charge >= 0.3 is 0 Å². The summed E-state index contributed by atoms with van der Waals surface area (Å²) in [6, 6.07) is 7.43. The Hall–Kier alpha value is -1.36. The van der Waals surface area contributed by atoms with Gasteiger partial charge in [0.25, 0.3) is 5.56 Å². The number of halogens is 2. The third-order valence-electron chi connectivity index (χ3n) is 2.78. The number of nitrogens with one attached hydrogen (secondary N) is 1. The Kier molecular flexibility index (Phi) is 3.31. The van der Waals surface area contributed by atoms with E-state index in [4.69, 9.17) is 23.2 Å². The second-order valence-corrected chi connectivity index (χ2v) is 5.49. The maximum atomic E-state index is 12.1. The van der Waals surface area contributed by atoms with Crippen LogP contribution in [0.1, 0.15) is 5.82 Å². The molecule has 0 saturated heterocycles. The Balaban J connectivity index is 2.33. The van der Waals surface area contributed by atoms with Crippen molar-refractivity contribution in [3.05, 3.63) is 50.8 Å². The van der Waals surface area contributed by atoms with Gasteiger partial charge in [-0.1, -0.05) is 29.8 Å². The smallest absolute Gasteiger partial charge is 0.260 e. The number of thiophene rings is 1. The molecule has 1 N–H and O–H groups in total. The van der Waals surface area contributed by atoms with E-state index in [0.29, 0.717) is 21.1 Å². The molecule has 3 rings (SSSR count).